The molecule has 0 spiro atoms. The smallest absolute Gasteiger partial charge is 0.364 e. The lowest BCUT2D eigenvalue weighted by molar-refractivity contribution is -0.137. The first-order valence-corrected chi connectivity index (χ1v) is 8.56. The van der Waals surface area contributed by atoms with Gasteiger partial charge in [-0.2, -0.15) is 27.9 Å². The summed E-state index contributed by atoms with van der Waals surface area (Å²) in [5.41, 5.74) is 0.0649. The van der Waals surface area contributed by atoms with Gasteiger partial charge < -0.3 is 10.6 Å². The van der Waals surface area contributed by atoms with Crippen LogP contribution in [0.5, 0.6) is 0 Å². The SMILES string of the molecule is [C-]#[N+]Cn1ncc2c(Nc3ncc(C(F)(F)F)c(NC4(C)CC4)n3)cccc21. The van der Waals surface area contributed by atoms with Gasteiger partial charge in [0.2, 0.25) is 5.95 Å². The summed E-state index contributed by atoms with van der Waals surface area (Å²) in [5.74, 6) is -0.189. The summed E-state index contributed by atoms with van der Waals surface area (Å²) in [6.07, 6.45) is -0.594. The number of halogens is 3. The van der Waals surface area contributed by atoms with Gasteiger partial charge in [-0.1, -0.05) is 6.07 Å². The fourth-order valence-electron chi connectivity index (χ4n) is 2.86. The summed E-state index contributed by atoms with van der Waals surface area (Å²) in [5, 5.41) is 10.7. The van der Waals surface area contributed by atoms with E-state index in [0.717, 1.165) is 29.9 Å². The molecule has 3 aromatic rings. The van der Waals surface area contributed by atoms with E-state index in [1.807, 2.05) is 13.0 Å². The van der Waals surface area contributed by atoms with Crippen LogP contribution >= 0.6 is 0 Å². The molecule has 28 heavy (non-hydrogen) atoms. The van der Waals surface area contributed by atoms with Gasteiger partial charge in [0.25, 0.3) is 0 Å². The minimum atomic E-state index is -4.55. The molecule has 10 heteroatoms. The third-order valence-corrected chi connectivity index (χ3v) is 4.65. The lowest BCUT2D eigenvalue weighted by atomic mass is 10.2. The van der Waals surface area contributed by atoms with Crippen molar-refractivity contribution in [3.63, 3.8) is 0 Å². The zero-order valence-electron chi connectivity index (χ0n) is 14.9. The monoisotopic (exact) mass is 387 g/mol. The molecule has 0 bridgehead atoms. The maximum Gasteiger partial charge on any atom is 0.421 e. The van der Waals surface area contributed by atoms with Crippen molar-refractivity contribution in [2.24, 2.45) is 0 Å². The van der Waals surface area contributed by atoms with Crippen LogP contribution in [-0.4, -0.2) is 25.3 Å². The highest BCUT2D eigenvalue weighted by Crippen LogP contribution is 2.41. The predicted octanol–water partition coefficient (Wildman–Crippen LogP) is 4.43. The topological polar surface area (TPSA) is 72.0 Å². The van der Waals surface area contributed by atoms with Crippen LogP contribution in [0, 0.1) is 6.57 Å². The Hall–Kier alpha value is -3.35. The Morgan fingerprint density at radius 3 is 2.75 bits per heavy atom. The van der Waals surface area contributed by atoms with Gasteiger partial charge in [-0.05, 0) is 31.9 Å². The molecule has 7 nitrogen and oxygen atoms in total. The number of rotatable bonds is 5. The van der Waals surface area contributed by atoms with Crippen LogP contribution < -0.4 is 10.6 Å². The molecule has 0 amide bonds. The van der Waals surface area contributed by atoms with Gasteiger partial charge in [-0.15, -0.1) is 0 Å². The Labute approximate surface area is 158 Å². The van der Waals surface area contributed by atoms with E-state index < -0.39 is 11.7 Å². The van der Waals surface area contributed by atoms with E-state index in [1.165, 1.54) is 0 Å². The number of hydrogen-bond acceptors (Lipinski definition) is 5. The summed E-state index contributed by atoms with van der Waals surface area (Å²) in [6.45, 7) is 8.92. The van der Waals surface area contributed by atoms with Crippen molar-refractivity contribution in [3.8, 4) is 0 Å². The van der Waals surface area contributed by atoms with Crippen LogP contribution in [0.3, 0.4) is 0 Å². The molecule has 2 heterocycles. The van der Waals surface area contributed by atoms with Crippen molar-refractivity contribution in [1.82, 2.24) is 19.7 Å². The molecule has 0 aliphatic heterocycles. The molecule has 2 aromatic heterocycles. The average molecular weight is 387 g/mol. The maximum absolute atomic E-state index is 13.3. The molecule has 0 radical (unpaired) electrons. The molecule has 1 saturated carbocycles. The zero-order valence-corrected chi connectivity index (χ0v) is 14.9. The standard InChI is InChI=1S/C18H16F3N7/c1-17(6-7-17)27-15-12(18(19,20)21)9-23-16(26-15)25-13-4-3-5-14-11(13)8-24-28(14)10-22-2/h3-5,8-9H,6-7,10H2,1H3,(H2,23,25,26,27). The molecule has 4 rings (SSSR count). The molecular formula is C18H16F3N7. The molecular weight excluding hydrogens is 371 g/mol. The molecule has 1 aliphatic carbocycles. The number of nitrogens with zero attached hydrogens (tertiary/aromatic N) is 5. The van der Waals surface area contributed by atoms with E-state index in [9.17, 15) is 13.2 Å². The van der Waals surface area contributed by atoms with Gasteiger partial charge in [-0.3, -0.25) is 4.85 Å². The van der Waals surface area contributed by atoms with Crippen molar-refractivity contribution in [2.45, 2.75) is 38.1 Å². The molecule has 0 saturated heterocycles. The Morgan fingerprint density at radius 2 is 2.07 bits per heavy atom. The number of anilines is 3. The quantitative estimate of drug-likeness (QED) is 0.634. The summed E-state index contributed by atoms with van der Waals surface area (Å²) in [4.78, 5) is 11.2. The number of nitrogens with one attached hydrogen (secondary N) is 2. The van der Waals surface area contributed by atoms with Crippen LogP contribution in [0.2, 0.25) is 0 Å². The number of alkyl halides is 3. The second-order valence-electron chi connectivity index (χ2n) is 6.95. The first kappa shape index (κ1) is 18.0. The van der Waals surface area contributed by atoms with Crippen LogP contribution in [0.15, 0.2) is 30.6 Å². The molecule has 0 unspecified atom stereocenters. The Kier molecular flexibility index (Phi) is 4.10. The molecule has 2 N–H and O–H groups in total. The Bertz CT molecular complexity index is 1080. The summed E-state index contributed by atoms with van der Waals surface area (Å²) in [7, 11) is 0. The van der Waals surface area contributed by atoms with Crippen LogP contribution in [0.4, 0.5) is 30.6 Å². The fourth-order valence-corrected chi connectivity index (χ4v) is 2.86. The van der Waals surface area contributed by atoms with Gasteiger partial charge in [0.15, 0.2) is 0 Å². The molecule has 144 valence electrons. The van der Waals surface area contributed by atoms with Gasteiger partial charge >= 0.3 is 12.8 Å². The highest BCUT2D eigenvalue weighted by molar-refractivity contribution is 5.92. The zero-order chi connectivity index (χ0) is 19.9. The molecule has 1 fully saturated rings. The third kappa shape index (κ3) is 3.43. The van der Waals surface area contributed by atoms with Crippen molar-refractivity contribution < 1.29 is 13.2 Å². The van der Waals surface area contributed by atoms with Gasteiger partial charge in [0, 0.05) is 17.1 Å². The molecule has 0 atom stereocenters. The average Bonchev–Trinajstić information content (AvgIpc) is 3.20. The van der Waals surface area contributed by atoms with Crippen molar-refractivity contribution in [2.75, 3.05) is 10.6 Å². The summed E-state index contributed by atoms with van der Waals surface area (Å²) >= 11 is 0. The number of hydrogen-bond donors (Lipinski definition) is 2. The van der Waals surface area contributed by atoms with Crippen molar-refractivity contribution >= 4 is 28.4 Å². The highest BCUT2D eigenvalue weighted by Gasteiger charge is 2.42. The van der Waals surface area contributed by atoms with E-state index in [0.29, 0.717) is 5.69 Å². The number of benzene rings is 1. The first-order chi connectivity index (χ1) is 13.3. The van der Waals surface area contributed by atoms with E-state index >= 15 is 0 Å². The van der Waals surface area contributed by atoms with Gasteiger partial charge in [0.05, 0.1) is 17.4 Å². The Morgan fingerprint density at radius 1 is 1.29 bits per heavy atom. The minimum absolute atomic E-state index is 0.0465. The Balaban J connectivity index is 1.70. The summed E-state index contributed by atoms with van der Waals surface area (Å²) in [6, 6.07) is 5.33. The first-order valence-electron chi connectivity index (χ1n) is 8.56. The second kappa shape index (κ2) is 6.37. The largest absolute Gasteiger partial charge is 0.421 e. The lowest BCUT2D eigenvalue weighted by Gasteiger charge is -2.18. The predicted molar refractivity (Wildman–Crippen MR) is 97.9 cm³/mol. The third-order valence-electron chi connectivity index (χ3n) is 4.65. The van der Waals surface area contributed by atoms with Crippen LogP contribution in [0.25, 0.3) is 15.7 Å². The highest BCUT2D eigenvalue weighted by atomic mass is 19.4. The fraction of sp³-hybridized carbons (Fsp3) is 0.333. The normalized spacial score (nSPS) is 15.2. The molecule has 1 aliphatic rings. The van der Waals surface area contributed by atoms with Crippen molar-refractivity contribution in [3.05, 3.63) is 47.6 Å². The van der Waals surface area contributed by atoms with Gasteiger partial charge in [-0.25, -0.2) is 11.6 Å². The van der Waals surface area contributed by atoms with E-state index in [-0.39, 0.29) is 24.0 Å². The maximum atomic E-state index is 13.3. The van der Waals surface area contributed by atoms with E-state index in [1.54, 1.807) is 23.0 Å². The van der Waals surface area contributed by atoms with E-state index in [4.69, 9.17) is 6.57 Å². The number of fused-ring (bicyclic) bond motifs is 1. The molecule has 1 aromatic carbocycles. The second-order valence-corrected chi connectivity index (χ2v) is 6.95. The lowest BCUT2D eigenvalue weighted by Crippen LogP contribution is -2.21. The van der Waals surface area contributed by atoms with Crippen molar-refractivity contribution in [1.29, 1.82) is 0 Å². The minimum Gasteiger partial charge on any atom is -0.364 e. The number of aromatic nitrogens is 4. The summed E-state index contributed by atoms with van der Waals surface area (Å²) < 4.78 is 41.5. The van der Waals surface area contributed by atoms with Crippen LogP contribution in [0.1, 0.15) is 25.3 Å². The van der Waals surface area contributed by atoms with Crippen LogP contribution in [-0.2, 0) is 12.8 Å². The van der Waals surface area contributed by atoms with Gasteiger partial charge in [0.1, 0.15) is 11.4 Å². The van der Waals surface area contributed by atoms with E-state index in [2.05, 4.69) is 30.5 Å².